The first-order chi connectivity index (χ1) is 19.6. The van der Waals surface area contributed by atoms with Crippen molar-refractivity contribution in [2.45, 2.75) is 75.4 Å². The molecule has 1 saturated carbocycles. The van der Waals surface area contributed by atoms with E-state index in [9.17, 15) is 33.8 Å². The number of aliphatic hydroxyl groups is 1. The van der Waals surface area contributed by atoms with Crippen molar-refractivity contribution in [3.8, 4) is 5.75 Å². The van der Waals surface area contributed by atoms with Gasteiger partial charge >= 0.3 is 0 Å². The molecule has 0 bridgehead atoms. The van der Waals surface area contributed by atoms with Gasteiger partial charge in [-0.05, 0) is 54.2 Å². The molecule has 221 valence electrons. The molecule has 2 amide bonds. The number of phenolic OH excluding ortho intramolecular Hbond substituents is 1. The number of likely N-dealkylation sites (N-methyl/N-ethyl adjacent to an activating group) is 1. The molecule has 2 aromatic carbocycles. The lowest BCUT2D eigenvalue weighted by Gasteiger charge is -2.38. The normalized spacial score (nSPS) is 16.7. The van der Waals surface area contributed by atoms with E-state index < -0.39 is 47.6 Å². The molecule has 2 aromatic rings. The number of hydrogen-bond donors (Lipinski definition) is 4. The van der Waals surface area contributed by atoms with Gasteiger partial charge in [0.15, 0.2) is 11.3 Å². The van der Waals surface area contributed by atoms with Crippen LogP contribution in [0.3, 0.4) is 0 Å². The summed E-state index contributed by atoms with van der Waals surface area (Å²) in [7, 11) is 1.29. The average molecular weight is 569 g/mol. The fraction of sp³-hybridized carbons (Fsp3) is 0.484. The number of ketones is 1. The number of halogens is 1. The zero-order chi connectivity index (χ0) is 30.0. The molecule has 41 heavy (non-hydrogen) atoms. The second-order valence-corrected chi connectivity index (χ2v) is 10.8. The van der Waals surface area contributed by atoms with Crippen molar-refractivity contribution in [3.63, 3.8) is 0 Å². The van der Waals surface area contributed by atoms with E-state index in [1.807, 2.05) is 0 Å². The number of aliphatic hydroxyl groups excluding tert-OH is 1. The number of aromatic hydroxyl groups is 1. The fourth-order valence-corrected chi connectivity index (χ4v) is 5.37. The van der Waals surface area contributed by atoms with Gasteiger partial charge < -0.3 is 26.2 Å². The zero-order valence-corrected chi connectivity index (χ0v) is 23.4. The third-order valence-electron chi connectivity index (χ3n) is 7.92. The number of nitrogens with one attached hydrogen (secondary N) is 1. The number of aryl methyl sites for hydroxylation is 1. The van der Waals surface area contributed by atoms with Gasteiger partial charge in [-0.25, -0.2) is 4.39 Å². The molecule has 5 N–H and O–H groups in total. The van der Waals surface area contributed by atoms with Gasteiger partial charge in [-0.1, -0.05) is 56.4 Å². The van der Waals surface area contributed by atoms with Gasteiger partial charge in [-0.2, -0.15) is 0 Å². The molecule has 0 saturated heterocycles. The second-order valence-electron chi connectivity index (χ2n) is 10.8. The maximum Gasteiger partial charge on any atom is 0.237 e. The molecule has 0 aliphatic heterocycles. The Morgan fingerprint density at radius 3 is 2.27 bits per heavy atom. The smallest absolute Gasteiger partial charge is 0.237 e. The van der Waals surface area contributed by atoms with Gasteiger partial charge in [-0.15, -0.1) is 0 Å². The van der Waals surface area contributed by atoms with Crippen LogP contribution in [0.1, 0.15) is 56.1 Å². The first-order valence-electron chi connectivity index (χ1n) is 14.0. The Morgan fingerprint density at radius 2 is 1.68 bits per heavy atom. The average Bonchev–Trinajstić information content (AvgIpc) is 2.99. The summed E-state index contributed by atoms with van der Waals surface area (Å²) in [5.41, 5.74) is 5.07. The molecule has 3 rings (SSSR count). The molecular weight excluding hydrogens is 529 g/mol. The lowest BCUT2D eigenvalue weighted by Crippen LogP contribution is -2.65. The molecule has 0 spiro atoms. The van der Waals surface area contributed by atoms with Crippen LogP contribution in [0.2, 0.25) is 0 Å². The molecule has 9 nitrogen and oxygen atoms in total. The van der Waals surface area contributed by atoms with E-state index in [0.29, 0.717) is 23.5 Å². The van der Waals surface area contributed by atoms with Crippen molar-refractivity contribution in [3.05, 3.63) is 65.5 Å². The van der Waals surface area contributed by atoms with E-state index in [-0.39, 0.29) is 25.0 Å². The molecule has 0 unspecified atom stereocenters. The van der Waals surface area contributed by atoms with Crippen LogP contribution in [0, 0.1) is 11.7 Å². The number of amides is 2. The highest BCUT2D eigenvalue weighted by atomic mass is 19.1. The number of Topliss-reactive ketones (excluding diaryl/α,β-unsaturated/α-hetero) is 1. The summed E-state index contributed by atoms with van der Waals surface area (Å²) in [6.07, 6.45) is 7.26. The summed E-state index contributed by atoms with van der Waals surface area (Å²) in [5.74, 6) is -2.26. The van der Waals surface area contributed by atoms with Gasteiger partial charge in [0, 0.05) is 19.9 Å². The van der Waals surface area contributed by atoms with Crippen molar-refractivity contribution < 1.29 is 33.8 Å². The lowest BCUT2D eigenvalue weighted by atomic mass is 9.82. The minimum Gasteiger partial charge on any atom is -0.508 e. The van der Waals surface area contributed by atoms with Crippen LogP contribution in [0.25, 0.3) is 0 Å². The molecule has 1 fully saturated rings. The minimum atomic E-state index is -2.20. The number of hydrogen-bond acceptors (Lipinski definition) is 7. The van der Waals surface area contributed by atoms with E-state index in [4.69, 9.17) is 5.73 Å². The SMILES string of the molecule is CN(C(=O)CCc1ccc(F)cc1)[C@]([C]=O)(Cc1ccc(O)cc1)C(=O)[C@H](CO)NC(=O)[C@@H](N)CC1CCCCC1. The van der Waals surface area contributed by atoms with Crippen LogP contribution in [0.5, 0.6) is 5.75 Å². The summed E-state index contributed by atoms with van der Waals surface area (Å²) in [6, 6.07) is 8.95. The summed E-state index contributed by atoms with van der Waals surface area (Å²) >= 11 is 0. The number of rotatable bonds is 14. The lowest BCUT2D eigenvalue weighted by molar-refractivity contribution is -0.143. The molecule has 1 aliphatic carbocycles. The quantitative estimate of drug-likeness (QED) is 0.256. The van der Waals surface area contributed by atoms with Crippen molar-refractivity contribution in [1.82, 2.24) is 10.2 Å². The first kappa shape index (κ1) is 31.9. The molecule has 0 aromatic heterocycles. The van der Waals surface area contributed by atoms with Gasteiger partial charge in [0.2, 0.25) is 18.1 Å². The Bertz CT molecular complexity index is 1180. The number of benzene rings is 2. The van der Waals surface area contributed by atoms with Gasteiger partial charge in [0.25, 0.3) is 0 Å². The monoisotopic (exact) mass is 568 g/mol. The van der Waals surface area contributed by atoms with Gasteiger partial charge in [0.05, 0.1) is 12.6 Å². The molecule has 10 heteroatoms. The largest absolute Gasteiger partial charge is 0.508 e. The van der Waals surface area contributed by atoms with Crippen molar-refractivity contribution in [2.75, 3.05) is 13.7 Å². The number of nitrogens with two attached hydrogens (primary N) is 1. The van der Waals surface area contributed by atoms with Crippen LogP contribution >= 0.6 is 0 Å². The van der Waals surface area contributed by atoms with Gasteiger partial charge in [0.1, 0.15) is 17.6 Å². The number of nitrogens with zero attached hydrogens (tertiary/aromatic N) is 1. The van der Waals surface area contributed by atoms with Gasteiger partial charge in [-0.3, -0.25) is 19.2 Å². The van der Waals surface area contributed by atoms with E-state index in [1.54, 1.807) is 6.29 Å². The number of phenols is 1. The topological polar surface area (TPSA) is 150 Å². The minimum absolute atomic E-state index is 0.0306. The van der Waals surface area contributed by atoms with E-state index in [0.717, 1.165) is 37.0 Å². The van der Waals surface area contributed by atoms with E-state index in [2.05, 4.69) is 5.32 Å². The summed E-state index contributed by atoms with van der Waals surface area (Å²) in [6.45, 7) is -0.822. The van der Waals surface area contributed by atoms with Crippen LogP contribution in [-0.2, 0) is 32.0 Å². The Hall–Kier alpha value is -3.63. The predicted octanol–water partition coefficient (Wildman–Crippen LogP) is 2.36. The summed E-state index contributed by atoms with van der Waals surface area (Å²) < 4.78 is 13.3. The summed E-state index contributed by atoms with van der Waals surface area (Å²) in [5, 5.41) is 22.3. The van der Waals surface area contributed by atoms with E-state index >= 15 is 0 Å². The Kier molecular flexibility index (Phi) is 11.5. The molecular formula is C31H39FN3O6. The Labute approximate surface area is 239 Å². The highest BCUT2D eigenvalue weighted by Gasteiger charge is 2.49. The van der Waals surface area contributed by atoms with Crippen molar-refractivity contribution in [1.29, 1.82) is 0 Å². The van der Waals surface area contributed by atoms with Crippen molar-refractivity contribution in [2.24, 2.45) is 11.7 Å². The summed E-state index contributed by atoms with van der Waals surface area (Å²) in [4.78, 5) is 53.8. The van der Waals surface area contributed by atoms with Crippen LogP contribution < -0.4 is 11.1 Å². The highest BCUT2D eigenvalue weighted by molar-refractivity contribution is 6.10. The van der Waals surface area contributed by atoms with E-state index in [1.165, 1.54) is 55.6 Å². The zero-order valence-electron chi connectivity index (χ0n) is 23.4. The Balaban J connectivity index is 1.83. The predicted molar refractivity (Wildman–Crippen MR) is 151 cm³/mol. The number of carbonyl (C=O) groups is 3. The number of carbonyl (C=O) groups excluding carboxylic acids is 4. The molecule has 3 atom stereocenters. The van der Waals surface area contributed by atoms with Crippen LogP contribution in [0.4, 0.5) is 4.39 Å². The third kappa shape index (κ3) is 8.43. The Morgan fingerprint density at radius 1 is 1.07 bits per heavy atom. The molecule has 0 heterocycles. The second kappa shape index (κ2) is 14.8. The van der Waals surface area contributed by atoms with Crippen molar-refractivity contribution >= 4 is 23.9 Å². The highest BCUT2D eigenvalue weighted by Crippen LogP contribution is 2.27. The molecule has 1 radical (unpaired) electrons. The maximum atomic E-state index is 13.9. The first-order valence-corrected chi connectivity index (χ1v) is 14.0. The maximum absolute atomic E-state index is 13.9. The van der Waals surface area contributed by atoms with Crippen LogP contribution in [-0.4, -0.2) is 70.3 Å². The standard InChI is InChI=1S/C31H39FN3O6/c1-35(28(39)16-11-21-7-12-24(32)13-8-21)31(20-37,18-23-9-14-25(38)15-10-23)29(40)27(19-36)34-30(41)26(33)17-22-5-3-2-4-6-22/h7-10,12-15,22,26-27,36,38H,2-6,11,16-19,33H2,1H3,(H,34,41)/t26-,27-,31-/m0/s1. The fourth-order valence-electron chi connectivity index (χ4n) is 5.37. The molecule has 1 aliphatic rings. The van der Waals surface area contributed by atoms with Crippen LogP contribution in [0.15, 0.2) is 48.5 Å². The third-order valence-corrected chi connectivity index (χ3v) is 7.92.